The summed E-state index contributed by atoms with van der Waals surface area (Å²) in [5, 5.41) is 15.6. The number of rotatable bonds is 9. The first-order valence-electron chi connectivity index (χ1n) is 8.55. The molecule has 0 radical (unpaired) electrons. The fourth-order valence-electron chi connectivity index (χ4n) is 2.69. The van der Waals surface area contributed by atoms with Gasteiger partial charge in [0.15, 0.2) is 0 Å². The van der Waals surface area contributed by atoms with Crippen molar-refractivity contribution < 1.29 is 19.1 Å². The minimum atomic E-state index is -0.332. The van der Waals surface area contributed by atoms with Gasteiger partial charge in [-0.05, 0) is 24.1 Å². The monoisotopic (exact) mass is 389 g/mol. The third kappa shape index (κ3) is 6.01. The molecule has 0 unspecified atom stereocenters. The standard InChI is InChI=1S/C19H23N3O4S/c1-25-9-3-8-21-18(24)12-27-19-16(11-20)15(10-17(23)22-19)13-4-6-14(26-2)7-5-13/h4-7,15H,3,8-10,12H2,1-2H3,(H,21,24)(H,22,23)/t15-/m0/s1. The van der Waals surface area contributed by atoms with Crippen molar-refractivity contribution in [2.45, 2.75) is 18.8 Å². The maximum Gasteiger partial charge on any atom is 0.230 e. The van der Waals surface area contributed by atoms with Gasteiger partial charge < -0.3 is 20.1 Å². The predicted molar refractivity (Wildman–Crippen MR) is 103 cm³/mol. The molecule has 8 heteroatoms. The third-order valence-electron chi connectivity index (χ3n) is 4.07. The number of amides is 2. The van der Waals surface area contributed by atoms with E-state index in [0.717, 1.165) is 12.0 Å². The highest BCUT2D eigenvalue weighted by molar-refractivity contribution is 8.03. The Hall–Kier alpha value is -2.50. The Bertz CT molecular complexity index is 740. The van der Waals surface area contributed by atoms with Crippen molar-refractivity contribution in [2.24, 2.45) is 0 Å². The van der Waals surface area contributed by atoms with E-state index < -0.39 is 0 Å². The normalized spacial score (nSPS) is 16.5. The molecule has 0 aliphatic carbocycles. The fourth-order valence-corrected chi connectivity index (χ4v) is 3.59. The van der Waals surface area contributed by atoms with E-state index in [-0.39, 0.29) is 29.9 Å². The predicted octanol–water partition coefficient (Wildman–Crippen LogP) is 1.92. The molecule has 0 saturated carbocycles. The number of allylic oxidation sites excluding steroid dienone is 1. The molecule has 7 nitrogen and oxygen atoms in total. The highest BCUT2D eigenvalue weighted by atomic mass is 32.2. The van der Waals surface area contributed by atoms with E-state index in [1.165, 1.54) is 11.8 Å². The molecule has 0 fully saturated rings. The topological polar surface area (TPSA) is 100 Å². The third-order valence-corrected chi connectivity index (χ3v) is 5.09. The van der Waals surface area contributed by atoms with Gasteiger partial charge in [-0.25, -0.2) is 0 Å². The molecule has 0 saturated heterocycles. The Morgan fingerprint density at radius 3 is 2.74 bits per heavy atom. The van der Waals surface area contributed by atoms with Crippen LogP contribution in [0, 0.1) is 11.3 Å². The number of ether oxygens (including phenoxy) is 2. The van der Waals surface area contributed by atoms with Crippen molar-refractivity contribution in [3.8, 4) is 11.8 Å². The SMILES string of the molecule is COCCCNC(=O)CSC1=C(C#N)[C@H](c2ccc(OC)cc2)CC(=O)N1. The number of hydrogen-bond acceptors (Lipinski definition) is 6. The first-order chi connectivity index (χ1) is 13.1. The second-order valence-corrected chi connectivity index (χ2v) is 6.90. The van der Waals surface area contributed by atoms with Crippen LogP contribution in [0.1, 0.15) is 24.3 Å². The summed E-state index contributed by atoms with van der Waals surface area (Å²) in [7, 11) is 3.19. The lowest BCUT2D eigenvalue weighted by Gasteiger charge is -2.25. The summed E-state index contributed by atoms with van der Waals surface area (Å²) in [6.45, 7) is 1.11. The molecule has 0 aromatic heterocycles. The van der Waals surface area contributed by atoms with E-state index in [9.17, 15) is 14.9 Å². The lowest BCUT2D eigenvalue weighted by molar-refractivity contribution is -0.121. The number of benzene rings is 1. The van der Waals surface area contributed by atoms with Gasteiger partial charge in [0.2, 0.25) is 11.8 Å². The highest BCUT2D eigenvalue weighted by Crippen LogP contribution is 2.36. The van der Waals surface area contributed by atoms with Crippen LogP contribution in [0.15, 0.2) is 34.9 Å². The lowest BCUT2D eigenvalue weighted by atomic mass is 9.87. The Kier molecular flexibility index (Phi) is 8.17. The summed E-state index contributed by atoms with van der Waals surface area (Å²) in [5.74, 6) is 0.186. The van der Waals surface area contributed by atoms with E-state index in [4.69, 9.17) is 9.47 Å². The van der Waals surface area contributed by atoms with E-state index >= 15 is 0 Å². The zero-order valence-electron chi connectivity index (χ0n) is 15.4. The number of thioether (sulfide) groups is 1. The van der Waals surface area contributed by atoms with Crippen LogP contribution in [0.4, 0.5) is 0 Å². The molecule has 1 atom stereocenters. The summed E-state index contributed by atoms with van der Waals surface area (Å²) in [5.41, 5.74) is 1.33. The van der Waals surface area contributed by atoms with Crippen LogP contribution in [0.2, 0.25) is 0 Å². The molecule has 1 aliphatic heterocycles. The number of nitriles is 1. The number of nitrogens with zero attached hydrogens (tertiary/aromatic N) is 1. The minimum Gasteiger partial charge on any atom is -0.497 e. The first kappa shape index (κ1) is 20.8. The summed E-state index contributed by atoms with van der Waals surface area (Å²) >= 11 is 1.17. The quantitative estimate of drug-likeness (QED) is 0.626. The zero-order chi connectivity index (χ0) is 19.6. The summed E-state index contributed by atoms with van der Waals surface area (Å²) < 4.78 is 10.1. The second-order valence-electron chi connectivity index (χ2n) is 5.92. The Morgan fingerprint density at radius 2 is 2.11 bits per heavy atom. The van der Waals surface area contributed by atoms with Gasteiger partial charge in [0, 0.05) is 32.6 Å². The molecule has 27 heavy (non-hydrogen) atoms. The van der Waals surface area contributed by atoms with Gasteiger partial charge in [-0.15, -0.1) is 0 Å². The number of carbonyl (C=O) groups excluding carboxylic acids is 2. The van der Waals surface area contributed by atoms with Crippen molar-refractivity contribution in [3.05, 3.63) is 40.4 Å². The molecule has 144 valence electrons. The van der Waals surface area contributed by atoms with Crippen LogP contribution in [0.5, 0.6) is 5.75 Å². The van der Waals surface area contributed by atoms with E-state index in [1.807, 2.05) is 12.1 Å². The van der Waals surface area contributed by atoms with Crippen LogP contribution in [-0.2, 0) is 14.3 Å². The number of hydrogen-bond donors (Lipinski definition) is 2. The van der Waals surface area contributed by atoms with Gasteiger partial charge >= 0.3 is 0 Å². The van der Waals surface area contributed by atoms with Crippen molar-refractivity contribution in [3.63, 3.8) is 0 Å². The van der Waals surface area contributed by atoms with E-state index in [1.54, 1.807) is 26.4 Å². The van der Waals surface area contributed by atoms with Crippen LogP contribution in [0.3, 0.4) is 0 Å². The van der Waals surface area contributed by atoms with Gasteiger partial charge in [0.05, 0.1) is 29.5 Å². The second kappa shape index (κ2) is 10.6. The Morgan fingerprint density at radius 1 is 1.37 bits per heavy atom. The average molecular weight is 389 g/mol. The van der Waals surface area contributed by atoms with Crippen LogP contribution in [0.25, 0.3) is 0 Å². The van der Waals surface area contributed by atoms with Crippen molar-refractivity contribution in [1.29, 1.82) is 5.26 Å². The number of methoxy groups -OCH3 is 2. The van der Waals surface area contributed by atoms with Gasteiger partial charge in [-0.1, -0.05) is 23.9 Å². The van der Waals surface area contributed by atoms with Crippen molar-refractivity contribution in [2.75, 3.05) is 33.1 Å². The maximum absolute atomic E-state index is 12.1. The molecule has 2 rings (SSSR count). The Labute approximate surface area is 163 Å². The highest BCUT2D eigenvalue weighted by Gasteiger charge is 2.29. The van der Waals surface area contributed by atoms with Crippen LogP contribution < -0.4 is 15.4 Å². The zero-order valence-corrected chi connectivity index (χ0v) is 16.2. The summed E-state index contributed by atoms with van der Waals surface area (Å²) in [6, 6.07) is 9.51. The average Bonchev–Trinajstić information content (AvgIpc) is 2.69. The smallest absolute Gasteiger partial charge is 0.230 e. The molecule has 0 spiro atoms. The molecular weight excluding hydrogens is 366 g/mol. The molecular formula is C19H23N3O4S. The van der Waals surface area contributed by atoms with Gasteiger partial charge in [0.1, 0.15) is 5.75 Å². The molecule has 0 bridgehead atoms. The van der Waals surface area contributed by atoms with E-state index in [2.05, 4.69) is 16.7 Å². The lowest BCUT2D eigenvalue weighted by Crippen LogP contribution is -2.32. The Balaban J connectivity index is 2.07. The molecule has 1 heterocycles. The molecule has 1 aromatic carbocycles. The van der Waals surface area contributed by atoms with Gasteiger partial charge in [0.25, 0.3) is 0 Å². The van der Waals surface area contributed by atoms with E-state index in [0.29, 0.717) is 29.5 Å². The van der Waals surface area contributed by atoms with Crippen molar-refractivity contribution in [1.82, 2.24) is 10.6 Å². The molecule has 2 amide bonds. The van der Waals surface area contributed by atoms with Gasteiger partial charge in [-0.3, -0.25) is 9.59 Å². The number of nitrogens with one attached hydrogen (secondary N) is 2. The van der Waals surface area contributed by atoms with Gasteiger partial charge in [-0.2, -0.15) is 5.26 Å². The minimum absolute atomic E-state index is 0.128. The maximum atomic E-state index is 12.1. The molecule has 1 aromatic rings. The number of carbonyl (C=O) groups is 2. The summed E-state index contributed by atoms with van der Waals surface area (Å²) in [6.07, 6.45) is 0.928. The van der Waals surface area contributed by atoms with Crippen LogP contribution >= 0.6 is 11.8 Å². The van der Waals surface area contributed by atoms with Crippen molar-refractivity contribution >= 4 is 23.6 Å². The fraction of sp³-hybridized carbons (Fsp3) is 0.421. The molecule has 1 aliphatic rings. The molecule has 2 N–H and O–H groups in total. The largest absolute Gasteiger partial charge is 0.497 e. The van der Waals surface area contributed by atoms with Crippen LogP contribution in [-0.4, -0.2) is 44.9 Å². The first-order valence-corrected chi connectivity index (χ1v) is 9.54. The summed E-state index contributed by atoms with van der Waals surface area (Å²) in [4.78, 5) is 24.1.